The van der Waals surface area contributed by atoms with E-state index in [1.807, 2.05) is 6.07 Å². The molecule has 1 amide bonds. The predicted octanol–water partition coefficient (Wildman–Crippen LogP) is 1.07. The zero-order valence-electron chi connectivity index (χ0n) is 14.2. The van der Waals surface area contributed by atoms with Crippen molar-refractivity contribution in [3.8, 4) is 11.5 Å². The number of carbonyl (C=O) groups excluding carboxylic acids is 1. The largest absolute Gasteiger partial charge is 0.493 e. The molecule has 0 fully saturated rings. The van der Waals surface area contributed by atoms with Crippen molar-refractivity contribution in [1.82, 2.24) is 25.5 Å². The molecule has 0 aliphatic rings. The minimum absolute atomic E-state index is 0.121. The van der Waals surface area contributed by atoms with E-state index in [9.17, 15) is 9.59 Å². The third-order valence-corrected chi connectivity index (χ3v) is 4.45. The minimum atomic E-state index is -0.294. The van der Waals surface area contributed by atoms with Gasteiger partial charge in [-0.25, -0.2) is 4.98 Å². The number of carbonyl (C=O) groups is 1. The summed E-state index contributed by atoms with van der Waals surface area (Å²) in [6.07, 6.45) is 1.41. The molecule has 0 saturated carbocycles. The third kappa shape index (κ3) is 3.97. The lowest BCUT2D eigenvalue weighted by Crippen LogP contribution is -2.24. The Bertz CT molecular complexity index is 984. The molecule has 0 aliphatic heterocycles. The number of aromatic nitrogens is 4. The summed E-state index contributed by atoms with van der Waals surface area (Å²) in [5.74, 6) is 1.17. The van der Waals surface area contributed by atoms with Crippen LogP contribution in [0, 0.1) is 0 Å². The van der Waals surface area contributed by atoms with Gasteiger partial charge < -0.3 is 19.8 Å². The van der Waals surface area contributed by atoms with Crippen LogP contribution in [0.3, 0.4) is 0 Å². The van der Waals surface area contributed by atoms with E-state index in [1.165, 1.54) is 6.20 Å². The molecule has 0 atom stereocenters. The first-order valence-electron chi connectivity index (χ1n) is 7.64. The van der Waals surface area contributed by atoms with Gasteiger partial charge in [0.2, 0.25) is 5.91 Å². The van der Waals surface area contributed by atoms with E-state index < -0.39 is 0 Å². The van der Waals surface area contributed by atoms with Crippen molar-refractivity contribution in [3.63, 3.8) is 0 Å². The summed E-state index contributed by atoms with van der Waals surface area (Å²) in [6.45, 7) is 0.350. The van der Waals surface area contributed by atoms with Crippen molar-refractivity contribution in [2.45, 2.75) is 11.7 Å². The highest BCUT2D eigenvalue weighted by Crippen LogP contribution is 2.27. The van der Waals surface area contributed by atoms with E-state index in [2.05, 4.69) is 25.5 Å². The molecule has 0 spiro atoms. The summed E-state index contributed by atoms with van der Waals surface area (Å²) < 4.78 is 10.4. The van der Waals surface area contributed by atoms with Gasteiger partial charge in [0, 0.05) is 6.54 Å². The summed E-state index contributed by atoms with van der Waals surface area (Å²) in [4.78, 5) is 30.7. The molecule has 0 bridgehead atoms. The van der Waals surface area contributed by atoms with E-state index in [1.54, 1.807) is 26.4 Å². The summed E-state index contributed by atoms with van der Waals surface area (Å²) in [7, 11) is 3.12. The number of aromatic amines is 2. The molecule has 9 nitrogen and oxygen atoms in total. The second-order valence-electron chi connectivity index (χ2n) is 5.26. The van der Waals surface area contributed by atoms with Crippen LogP contribution < -0.4 is 20.3 Å². The Morgan fingerprint density at radius 1 is 1.27 bits per heavy atom. The van der Waals surface area contributed by atoms with Crippen molar-refractivity contribution in [1.29, 1.82) is 0 Å². The Morgan fingerprint density at radius 2 is 2.08 bits per heavy atom. The molecule has 0 unspecified atom stereocenters. The van der Waals surface area contributed by atoms with E-state index >= 15 is 0 Å². The van der Waals surface area contributed by atoms with Crippen molar-refractivity contribution < 1.29 is 14.3 Å². The molecule has 2 aromatic heterocycles. The van der Waals surface area contributed by atoms with E-state index in [-0.39, 0.29) is 17.2 Å². The van der Waals surface area contributed by atoms with Crippen LogP contribution in [0.15, 0.2) is 34.3 Å². The van der Waals surface area contributed by atoms with Crippen LogP contribution in [0.1, 0.15) is 5.56 Å². The lowest BCUT2D eigenvalue weighted by atomic mass is 10.2. The van der Waals surface area contributed by atoms with E-state index in [0.717, 1.165) is 17.3 Å². The molecule has 26 heavy (non-hydrogen) atoms. The Labute approximate surface area is 152 Å². The second kappa shape index (κ2) is 7.91. The zero-order chi connectivity index (χ0) is 18.5. The van der Waals surface area contributed by atoms with Crippen molar-refractivity contribution in [3.05, 3.63) is 40.3 Å². The van der Waals surface area contributed by atoms with Crippen LogP contribution in [0.2, 0.25) is 0 Å². The van der Waals surface area contributed by atoms with Crippen LogP contribution in [-0.2, 0) is 11.3 Å². The number of methoxy groups -OCH3 is 2. The Balaban J connectivity index is 1.56. The quantitative estimate of drug-likeness (QED) is 0.417. The number of hydrogen-bond acceptors (Lipinski definition) is 7. The predicted molar refractivity (Wildman–Crippen MR) is 96.6 cm³/mol. The number of hydrogen-bond donors (Lipinski definition) is 3. The van der Waals surface area contributed by atoms with Gasteiger partial charge >= 0.3 is 0 Å². The maximum atomic E-state index is 12.0. The van der Waals surface area contributed by atoms with Gasteiger partial charge in [0.25, 0.3) is 5.56 Å². The first-order chi connectivity index (χ1) is 12.6. The Hall–Kier alpha value is -3.01. The number of H-pyrrole nitrogens is 2. The van der Waals surface area contributed by atoms with E-state index in [4.69, 9.17) is 9.47 Å². The molecular weight excluding hydrogens is 358 g/mol. The molecule has 2 heterocycles. The van der Waals surface area contributed by atoms with Gasteiger partial charge in [0.1, 0.15) is 5.39 Å². The number of nitrogens with zero attached hydrogens (tertiary/aromatic N) is 2. The molecule has 3 aromatic rings. The molecule has 136 valence electrons. The van der Waals surface area contributed by atoms with Gasteiger partial charge in [-0.15, -0.1) is 0 Å². The summed E-state index contributed by atoms with van der Waals surface area (Å²) in [6, 6.07) is 5.43. The molecule has 3 rings (SSSR count). The molecule has 1 aromatic carbocycles. The van der Waals surface area contributed by atoms with Gasteiger partial charge in [-0.2, -0.15) is 5.10 Å². The fourth-order valence-corrected chi connectivity index (χ4v) is 2.96. The minimum Gasteiger partial charge on any atom is -0.493 e. The third-order valence-electron chi connectivity index (χ3n) is 3.58. The number of amides is 1. The maximum Gasteiger partial charge on any atom is 0.262 e. The fraction of sp³-hybridized carbons (Fsp3) is 0.250. The Morgan fingerprint density at radius 3 is 2.85 bits per heavy atom. The number of benzene rings is 1. The first-order valence-corrected chi connectivity index (χ1v) is 8.63. The fourth-order valence-electron chi connectivity index (χ4n) is 2.27. The lowest BCUT2D eigenvalue weighted by Gasteiger charge is -2.10. The summed E-state index contributed by atoms with van der Waals surface area (Å²) in [5, 5.41) is 9.96. The average molecular weight is 375 g/mol. The van der Waals surface area contributed by atoms with Crippen LogP contribution in [0.5, 0.6) is 11.5 Å². The number of nitrogens with one attached hydrogen (secondary N) is 3. The zero-order valence-corrected chi connectivity index (χ0v) is 15.0. The van der Waals surface area contributed by atoms with Crippen LogP contribution in [-0.4, -0.2) is 46.0 Å². The van der Waals surface area contributed by atoms with Gasteiger partial charge in [-0.3, -0.25) is 14.7 Å². The summed E-state index contributed by atoms with van der Waals surface area (Å²) in [5.41, 5.74) is 0.977. The highest BCUT2D eigenvalue weighted by Gasteiger charge is 2.09. The normalized spacial score (nSPS) is 10.7. The van der Waals surface area contributed by atoms with Gasteiger partial charge in [0.05, 0.1) is 26.2 Å². The number of thioether (sulfide) groups is 1. The monoisotopic (exact) mass is 375 g/mol. The van der Waals surface area contributed by atoms with Gasteiger partial charge in [0.15, 0.2) is 22.3 Å². The highest BCUT2D eigenvalue weighted by atomic mass is 32.2. The lowest BCUT2D eigenvalue weighted by molar-refractivity contribution is -0.118. The molecule has 3 N–H and O–H groups in total. The van der Waals surface area contributed by atoms with Crippen LogP contribution in [0.25, 0.3) is 11.0 Å². The second-order valence-corrected chi connectivity index (χ2v) is 6.22. The number of rotatable bonds is 7. The van der Waals surface area contributed by atoms with Crippen molar-refractivity contribution in [2.24, 2.45) is 0 Å². The average Bonchev–Trinajstić information content (AvgIpc) is 3.13. The van der Waals surface area contributed by atoms with Crippen LogP contribution in [0.4, 0.5) is 0 Å². The number of ether oxygens (including phenoxy) is 2. The first kappa shape index (κ1) is 17.8. The van der Waals surface area contributed by atoms with Gasteiger partial charge in [-0.05, 0) is 17.7 Å². The molecule has 0 saturated heterocycles. The molecule has 0 radical (unpaired) electrons. The van der Waals surface area contributed by atoms with Gasteiger partial charge in [-0.1, -0.05) is 17.8 Å². The van der Waals surface area contributed by atoms with Crippen LogP contribution >= 0.6 is 11.8 Å². The maximum absolute atomic E-state index is 12.0. The Kier molecular flexibility index (Phi) is 5.42. The topological polar surface area (TPSA) is 122 Å². The summed E-state index contributed by atoms with van der Waals surface area (Å²) >= 11 is 1.14. The molecule has 0 aliphatic carbocycles. The molecular formula is C16H17N5O4S. The smallest absolute Gasteiger partial charge is 0.262 e. The molecule has 10 heteroatoms. The highest BCUT2D eigenvalue weighted by molar-refractivity contribution is 7.99. The number of fused-ring (bicyclic) bond motifs is 1. The van der Waals surface area contributed by atoms with Crippen molar-refractivity contribution >= 4 is 28.7 Å². The van der Waals surface area contributed by atoms with E-state index in [0.29, 0.717) is 34.2 Å². The standard InChI is InChI=1S/C16H17N5O4S/c1-24-11-4-3-9(5-12(11)25-2)6-17-13(22)8-26-16-19-14-10(7-18-21-14)15(23)20-16/h3-5,7H,6,8H2,1-2H3,(H,17,22)(H2,18,19,20,21,23). The SMILES string of the molecule is COc1ccc(CNC(=O)CSc2nc3[nH]ncc3c(=O)[nH]2)cc1OC. The van der Waals surface area contributed by atoms with Crippen molar-refractivity contribution in [2.75, 3.05) is 20.0 Å².